The summed E-state index contributed by atoms with van der Waals surface area (Å²) in [4.78, 5) is 15.2. The molecule has 3 aromatic carbocycles. The number of furan rings is 1. The fraction of sp³-hybridized carbons (Fsp3) is 0.250. The van der Waals surface area contributed by atoms with E-state index in [1.165, 1.54) is 5.56 Å². The molecule has 33 heavy (non-hydrogen) atoms. The number of carbonyl (C=O) groups is 1. The van der Waals surface area contributed by atoms with Gasteiger partial charge in [-0.2, -0.15) is 0 Å². The van der Waals surface area contributed by atoms with E-state index in [-0.39, 0.29) is 5.91 Å². The zero-order chi connectivity index (χ0) is 23.0. The molecular weight excluding hydrogens is 432 g/mol. The SMILES string of the molecule is Cc1ccccc1.O=C(c1ccc2occc2c1)N(Cc1ccc(Cl)cc1)CC1CCNC1. The number of hydrogen-bond acceptors (Lipinski definition) is 3. The van der Waals surface area contributed by atoms with E-state index in [0.717, 1.165) is 42.6 Å². The van der Waals surface area contributed by atoms with Crippen LogP contribution in [0.25, 0.3) is 11.0 Å². The third-order valence-electron chi connectivity index (χ3n) is 5.85. The third-order valence-corrected chi connectivity index (χ3v) is 6.11. The number of nitrogens with one attached hydrogen (secondary N) is 1. The summed E-state index contributed by atoms with van der Waals surface area (Å²) in [5, 5.41) is 5.04. The van der Waals surface area contributed by atoms with Gasteiger partial charge in [-0.05, 0) is 74.3 Å². The van der Waals surface area contributed by atoms with Crippen molar-refractivity contribution in [1.29, 1.82) is 0 Å². The standard InChI is InChI=1S/C21H21ClN2O2.C7H8/c22-19-4-1-15(2-5-19)13-24(14-16-7-9-23-12-16)21(25)18-3-6-20-17(11-18)8-10-26-20;1-7-5-3-2-4-6-7/h1-6,8,10-11,16,23H,7,9,12-14H2;2-6H,1H3. The van der Waals surface area contributed by atoms with Crippen LogP contribution in [-0.4, -0.2) is 30.4 Å². The first-order chi connectivity index (χ1) is 16.1. The van der Waals surface area contributed by atoms with Gasteiger partial charge in [0.05, 0.1) is 6.26 Å². The molecule has 0 radical (unpaired) electrons. The van der Waals surface area contributed by atoms with Gasteiger partial charge in [-0.3, -0.25) is 4.79 Å². The third kappa shape index (κ3) is 6.47. The fourth-order valence-electron chi connectivity index (χ4n) is 4.03. The van der Waals surface area contributed by atoms with E-state index in [4.69, 9.17) is 16.0 Å². The van der Waals surface area contributed by atoms with Crippen molar-refractivity contribution in [2.45, 2.75) is 19.9 Å². The molecule has 1 aliphatic rings. The molecule has 2 heterocycles. The lowest BCUT2D eigenvalue weighted by atomic mass is 10.1. The highest BCUT2D eigenvalue weighted by atomic mass is 35.5. The van der Waals surface area contributed by atoms with Crippen molar-refractivity contribution in [1.82, 2.24) is 10.2 Å². The van der Waals surface area contributed by atoms with Gasteiger partial charge in [0, 0.05) is 29.1 Å². The van der Waals surface area contributed by atoms with E-state index in [2.05, 4.69) is 24.4 Å². The van der Waals surface area contributed by atoms with Crippen LogP contribution in [0.4, 0.5) is 0 Å². The number of nitrogens with zero attached hydrogens (tertiary/aromatic N) is 1. The summed E-state index contributed by atoms with van der Waals surface area (Å²) < 4.78 is 5.38. The van der Waals surface area contributed by atoms with Crippen LogP contribution in [0.2, 0.25) is 5.02 Å². The molecule has 0 aliphatic carbocycles. The zero-order valence-electron chi connectivity index (χ0n) is 18.8. The summed E-state index contributed by atoms with van der Waals surface area (Å²) >= 11 is 5.99. The smallest absolute Gasteiger partial charge is 0.254 e. The normalized spacial score (nSPS) is 15.2. The fourth-order valence-corrected chi connectivity index (χ4v) is 4.15. The maximum absolute atomic E-state index is 13.2. The van der Waals surface area contributed by atoms with Crippen LogP contribution in [-0.2, 0) is 6.54 Å². The Morgan fingerprint density at radius 3 is 2.52 bits per heavy atom. The summed E-state index contributed by atoms with van der Waals surface area (Å²) in [6.45, 7) is 5.40. The van der Waals surface area contributed by atoms with Crippen molar-refractivity contribution in [2.24, 2.45) is 5.92 Å². The van der Waals surface area contributed by atoms with E-state index in [1.807, 2.05) is 71.6 Å². The quantitative estimate of drug-likeness (QED) is 0.378. The number of fused-ring (bicyclic) bond motifs is 1. The first-order valence-electron chi connectivity index (χ1n) is 11.3. The predicted octanol–water partition coefficient (Wildman–Crippen LogP) is 6.33. The Hall–Kier alpha value is -3.08. The van der Waals surface area contributed by atoms with Crippen molar-refractivity contribution in [3.05, 3.63) is 107 Å². The van der Waals surface area contributed by atoms with E-state index >= 15 is 0 Å². The maximum atomic E-state index is 13.2. The molecule has 170 valence electrons. The Morgan fingerprint density at radius 2 is 1.85 bits per heavy atom. The molecule has 1 saturated heterocycles. The molecule has 4 nitrogen and oxygen atoms in total. The summed E-state index contributed by atoms with van der Waals surface area (Å²) in [6, 6.07) is 25.5. The monoisotopic (exact) mass is 460 g/mol. The van der Waals surface area contributed by atoms with Gasteiger partial charge >= 0.3 is 0 Å². The number of benzene rings is 3. The Kier molecular flexibility index (Phi) is 7.82. The van der Waals surface area contributed by atoms with Crippen LogP contribution in [0.3, 0.4) is 0 Å². The molecule has 5 rings (SSSR count). The van der Waals surface area contributed by atoms with Gasteiger partial charge in [0.1, 0.15) is 5.58 Å². The van der Waals surface area contributed by atoms with Gasteiger partial charge in [0.2, 0.25) is 0 Å². The summed E-state index contributed by atoms with van der Waals surface area (Å²) in [7, 11) is 0. The largest absolute Gasteiger partial charge is 0.464 e. The van der Waals surface area contributed by atoms with Gasteiger partial charge < -0.3 is 14.6 Å². The molecule has 1 aliphatic heterocycles. The van der Waals surface area contributed by atoms with Crippen LogP contribution < -0.4 is 5.32 Å². The Bertz CT molecular complexity index is 1170. The van der Waals surface area contributed by atoms with Crippen LogP contribution in [0.15, 0.2) is 89.5 Å². The minimum absolute atomic E-state index is 0.0509. The molecule has 1 amide bonds. The zero-order valence-corrected chi connectivity index (χ0v) is 19.6. The highest BCUT2D eigenvalue weighted by Crippen LogP contribution is 2.21. The highest BCUT2D eigenvalue weighted by molar-refractivity contribution is 6.30. The lowest BCUT2D eigenvalue weighted by Gasteiger charge is -2.26. The average Bonchev–Trinajstić information content (AvgIpc) is 3.52. The van der Waals surface area contributed by atoms with Crippen LogP contribution >= 0.6 is 11.6 Å². The average molecular weight is 461 g/mol. The van der Waals surface area contributed by atoms with Crippen molar-refractivity contribution in [2.75, 3.05) is 19.6 Å². The molecule has 0 saturated carbocycles. The molecule has 4 aromatic rings. The number of carbonyl (C=O) groups excluding carboxylic acids is 1. The number of rotatable bonds is 5. The summed E-state index contributed by atoms with van der Waals surface area (Å²) in [5.41, 5.74) is 3.89. The lowest BCUT2D eigenvalue weighted by molar-refractivity contribution is 0.0719. The Labute approximate surface area is 200 Å². The van der Waals surface area contributed by atoms with Crippen molar-refractivity contribution >= 4 is 28.5 Å². The molecule has 1 fully saturated rings. The molecule has 1 unspecified atom stereocenters. The molecule has 1 N–H and O–H groups in total. The van der Waals surface area contributed by atoms with E-state index in [0.29, 0.717) is 23.0 Å². The second-order valence-electron chi connectivity index (χ2n) is 8.50. The second-order valence-corrected chi connectivity index (χ2v) is 8.94. The first kappa shape index (κ1) is 23.1. The number of amides is 1. The Morgan fingerprint density at radius 1 is 1.06 bits per heavy atom. The van der Waals surface area contributed by atoms with Crippen LogP contribution in [0.5, 0.6) is 0 Å². The molecule has 1 aromatic heterocycles. The van der Waals surface area contributed by atoms with Crippen molar-refractivity contribution in [3.63, 3.8) is 0 Å². The molecule has 0 bridgehead atoms. The second kappa shape index (κ2) is 11.2. The van der Waals surface area contributed by atoms with Gasteiger partial charge in [-0.1, -0.05) is 59.6 Å². The van der Waals surface area contributed by atoms with Crippen LogP contribution in [0.1, 0.15) is 27.9 Å². The summed E-state index contributed by atoms with van der Waals surface area (Å²) in [6.07, 6.45) is 2.75. The molecule has 0 spiro atoms. The van der Waals surface area contributed by atoms with Gasteiger partial charge in [0.15, 0.2) is 0 Å². The van der Waals surface area contributed by atoms with Crippen molar-refractivity contribution < 1.29 is 9.21 Å². The number of hydrogen-bond donors (Lipinski definition) is 1. The van der Waals surface area contributed by atoms with Crippen molar-refractivity contribution in [3.8, 4) is 0 Å². The molecule has 1 atom stereocenters. The predicted molar refractivity (Wildman–Crippen MR) is 135 cm³/mol. The summed E-state index contributed by atoms with van der Waals surface area (Å²) in [5.74, 6) is 0.541. The number of halogens is 1. The molecule has 5 heteroatoms. The van der Waals surface area contributed by atoms with Gasteiger partial charge in [-0.25, -0.2) is 0 Å². The number of aryl methyl sites for hydroxylation is 1. The minimum atomic E-state index is 0.0509. The van der Waals surface area contributed by atoms with Gasteiger partial charge in [0.25, 0.3) is 5.91 Å². The Balaban J connectivity index is 0.000000318. The highest BCUT2D eigenvalue weighted by Gasteiger charge is 2.23. The maximum Gasteiger partial charge on any atom is 0.254 e. The minimum Gasteiger partial charge on any atom is -0.464 e. The lowest BCUT2D eigenvalue weighted by Crippen LogP contribution is -2.35. The van der Waals surface area contributed by atoms with E-state index < -0.39 is 0 Å². The van der Waals surface area contributed by atoms with E-state index in [9.17, 15) is 4.79 Å². The molecular formula is C28H29ClN2O2. The van der Waals surface area contributed by atoms with Crippen LogP contribution in [0, 0.1) is 12.8 Å². The first-order valence-corrected chi connectivity index (χ1v) is 11.7. The topological polar surface area (TPSA) is 45.5 Å². The van der Waals surface area contributed by atoms with Gasteiger partial charge in [-0.15, -0.1) is 0 Å². The van der Waals surface area contributed by atoms with E-state index in [1.54, 1.807) is 6.26 Å².